The summed E-state index contributed by atoms with van der Waals surface area (Å²) in [6, 6.07) is 10.4. The fourth-order valence-corrected chi connectivity index (χ4v) is 12.1. The van der Waals surface area contributed by atoms with E-state index in [4.69, 9.17) is 5.11 Å². The molecule has 0 aliphatic heterocycles. The third kappa shape index (κ3) is 14.0. The first-order chi connectivity index (χ1) is 24.8. The third-order valence-electron chi connectivity index (χ3n) is 13.0. The maximum absolute atomic E-state index is 12.4. The van der Waals surface area contributed by atoms with E-state index in [1.165, 1.54) is 126 Å². The number of thioether (sulfide) groups is 1. The highest BCUT2D eigenvalue weighted by atomic mass is 32.2. The van der Waals surface area contributed by atoms with Crippen LogP contribution in [0.1, 0.15) is 177 Å². The number of hydrogen-bond acceptors (Lipinski definition) is 4. The molecule has 51 heavy (non-hydrogen) atoms. The van der Waals surface area contributed by atoms with E-state index in [9.17, 15) is 4.79 Å². The monoisotopic (exact) mass is 746 g/mol. The summed E-state index contributed by atoms with van der Waals surface area (Å²) >= 11 is 3.49. The van der Waals surface area contributed by atoms with Crippen molar-refractivity contribution in [2.45, 2.75) is 182 Å². The van der Waals surface area contributed by atoms with Gasteiger partial charge in [0, 0.05) is 24.5 Å². The molecule has 1 amide bonds. The van der Waals surface area contributed by atoms with Gasteiger partial charge in [0.05, 0.1) is 0 Å². The second-order valence-electron chi connectivity index (χ2n) is 15.7. The molecule has 0 bridgehead atoms. The lowest BCUT2D eigenvalue weighted by atomic mass is 9.45. The van der Waals surface area contributed by atoms with E-state index in [0.717, 1.165) is 54.1 Å². The highest BCUT2D eigenvalue weighted by Gasteiger charge is 2.59. The first-order valence-corrected chi connectivity index (χ1v) is 23.6. The van der Waals surface area contributed by atoms with Crippen LogP contribution in [0, 0.1) is 40.4 Å². The van der Waals surface area contributed by atoms with Crippen LogP contribution in [0.5, 0.6) is 0 Å². The van der Waals surface area contributed by atoms with Crippen LogP contribution in [-0.2, 0) is 10.5 Å². The van der Waals surface area contributed by atoms with Crippen LogP contribution in [0.25, 0.3) is 0 Å². The lowest BCUT2D eigenvalue weighted by molar-refractivity contribution is -0.119. The standard InChI is InChI=1S/C30H45NOS.C8H14S.C3H8.2C2H6.CH4O/c1-29-19-7-6-11-23(29)14-16-25-26-17-15-24(30(26,2)20-18-27(25)29)12-8-13-28(32)31-33-21-22-9-4-3-5-10-22;1-7-5-3-4-6-8(7)9-2;1-3-2;3*1-2/h3-5,9-10,23-27H,6-8,11-21H2,1-2H3,(H,31,32);8H,1,3-6H2,2H3;3H2,1-2H3;2*1-2H3;2H,1H3. The Hall–Kier alpha value is -0.910. The quantitative estimate of drug-likeness (QED) is 0.205. The smallest absolute Gasteiger partial charge is 0.229 e. The van der Waals surface area contributed by atoms with Crippen LogP contribution in [-0.4, -0.2) is 29.6 Å². The molecule has 296 valence electrons. The van der Waals surface area contributed by atoms with Crippen LogP contribution < -0.4 is 4.72 Å². The summed E-state index contributed by atoms with van der Waals surface area (Å²) in [4.78, 5) is 12.4. The lowest BCUT2D eigenvalue weighted by Gasteiger charge is -2.60. The maximum atomic E-state index is 12.4. The van der Waals surface area contributed by atoms with E-state index in [2.05, 4.69) is 69.5 Å². The molecule has 0 spiro atoms. The van der Waals surface area contributed by atoms with Crippen LogP contribution in [0.15, 0.2) is 42.5 Å². The van der Waals surface area contributed by atoms with Gasteiger partial charge in [0.2, 0.25) is 5.91 Å². The molecule has 8 unspecified atom stereocenters. The van der Waals surface area contributed by atoms with Crippen LogP contribution in [0.2, 0.25) is 0 Å². The van der Waals surface area contributed by atoms with Crippen molar-refractivity contribution in [3.63, 3.8) is 0 Å². The van der Waals surface area contributed by atoms with Gasteiger partial charge < -0.3 is 5.11 Å². The number of carbonyl (C=O) groups excluding carboxylic acids is 1. The molecule has 0 heterocycles. The van der Waals surface area contributed by atoms with Crippen molar-refractivity contribution < 1.29 is 9.90 Å². The van der Waals surface area contributed by atoms with Crippen molar-refractivity contribution in [3.8, 4) is 0 Å². The minimum Gasteiger partial charge on any atom is -0.400 e. The van der Waals surface area contributed by atoms with Crippen molar-refractivity contribution in [2.24, 2.45) is 40.4 Å². The van der Waals surface area contributed by atoms with Gasteiger partial charge in [-0.15, -0.1) is 0 Å². The first kappa shape index (κ1) is 48.1. The zero-order chi connectivity index (χ0) is 38.3. The van der Waals surface area contributed by atoms with E-state index in [1.807, 2.05) is 45.5 Å². The van der Waals surface area contributed by atoms with Crippen LogP contribution >= 0.6 is 23.7 Å². The zero-order valence-electron chi connectivity index (χ0n) is 35.2. The molecule has 8 atom stereocenters. The summed E-state index contributed by atoms with van der Waals surface area (Å²) in [5.41, 5.74) is 3.92. The highest BCUT2D eigenvalue weighted by molar-refractivity contribution is 7.99. The average Bonchev–Trinajstić information content (AvgIpc) is 3.51. The van der Waals surface area contributed by atoms with E-state index >= 15 is 0 Å². The molecule has 0 radical (unpaired) electrons. The molecular formula is C46H83NO2S2. The molecule has 1 aromatic carbocycles. The number of hydrogen-bond donors (Lipinski definition) is 2. The molecule has 0 aromatic heterocycles. The van der Waals surface area contributed by atoms with Gasteiger partial charge in [-0.05, 0) is 148 Å². The van der Waals surface area contributed by atoms with Gasteiger partial charge in [0.15, 0.2) is 0 Å². The van der Waals surface area contributed by atoms with E-state index in [-0.39, 0.29) is 5.91 Å². The number of rotatable bonds is 8. The first-order valence-electron chi connectivity index (χ1n) is 21.4. The number of nitrogens with one attached hydrogen (secondary N) is 1. The molecule has 0 saturated heterocycles. The van der Waals surface area contributed by atoms with Crippen molar-refractivity contribution in [3.05, 3.63) is 48.0 Å². The number of carbonyl (C=O) groups is 1. The SMILES string of the molecule is C=C1CCCCC1SC.CC.CC.CC12CCCCC1CCC1C2CCC2(C)C(CCCC(=O)NSCc3ccccc3)CCC12.CCC.CO. The second kappa shape index (κ2) is 26.8. The Balaban J connectivity index is 0.000000605. The largest absolute Gasteiger partial charge is 0.400 e. The van der Waals surface area contributed by atoms with Crippen LogP contribution in [0.4, 0.5) is 0 Å². The Morgan fingerprint density at radius 2 is 1.49 bits per heavy atom. The molecule has 3 nitrogen and oxygen atoms in total. The minimum atomic E-state index is 0.211. The molecule has 2 N–H and O–H groups in total. The van der Waals surface area contributed by atoms with Gasteiger partial charge in [-0.25, -0.2) is 0 Å². The predicted octanol–water partition coefficient (Wildman–Crippen LogP) is 14.1. The molecule has 5 heteroatoms. The molecule has 5 aliphatic carbocycles. The predicted molar refractivity (Wildman–Crippen MR) is 231 cm³/mol. The normalized spacial score (nSPS) is 31.5. The zero-order valence-corrected chi connectivity index (χ0v) is 36.8. The minimum absolute atomic E-state index is 0.211. The van der Waals surface area contributed by atoms with Crippen molar-refractivity contribution in [1.29, 1.82) is 0 Å². The van der Waals surface area contributed by atoms with Crippen LogP contribution in [0.3, 0.4) is 0 Å². The number of benzene rings is 1. The average molecular weight is 746 g/mol. The van der Waals surface area contributed by atoms with E-state index < -0.39 is 0 Å². The Bertz CT molecular complexity index is 1050. The van der Waals surface area contributed by atoms with Gasteiger partial charge in [-0.3, -0.25) is 9.52 Å². The van der Waals surface area contributed by atoms with Gasteiger partial charge in [-0.2, -0.15) is 11.8 Å². The maximum Gasteiger partial charge on any atom is 0.229 e. The summed E-state index contributed by atoms with van der Waals surface area (Å²) in [6.45, 7) is 21.6. The summed E-state index contributed by atoms with van der Waals surface area (Å²) in [5, 5.41) is 7.78. The van der Waals surface area contributed by atoms with Gasteiger partial charge >= 0.3 is 0 Å². The fourth-order valence-electron chi connectivity index (χ4n) is 10.5. The third-order valence-corrected chi connectivity index (χ3v) is 14.9. The van der Waals surface area contributed by atoms with Gasteiger partial charge in [0.1, 0.15) is 0 Å². The molecule has 5 aliphatic rings. The van der Waals surface area contributed by atoms with E-state index in [1.54, 1.807) is 0 Å². The van der Waals surface area contributed by atoms with Crippen molar-refractivity contribution in [2.75, 3.05) is 13.4 Å². The summed E-state index contributed by atoms with van der Waals surface area (Å²) in [5.74, 6) is 5.86. The Morgan fingerprint density at radius 1 is 0.843 bits per heavy atom. The highest BCUT2D eigenvalue weighted by Crippen LogP contribution is 2.67. The number of amides is 1. The molecule has 6 rings (SSSR count). The van der Waals surface area contributed by atoms with Gasteiger partial charge in [0.25, 0.3) is 0 Å². The van der Waals surface area contributed by atoms with Crippen molar-refractivity contribution in [1.82, 2.24) is 4.72 Å². The Labute approximate surface area is 326 Å². The number of fused-ring (bicyclic) bond motifs is 5. The Morgan fingerprint density at radius 3 is 2.12 bits per heavy atom. The molecular weight excluding hydrogens is 663 g/mol. The molecule has 5 fully saturated rings. The second-order valence-corrected chi connectivity index (χ2v) is 17.6. The Kier molecular flexibility index (Phi) is 25.3. The number of aliphatic hydroxyl groups excluding tert-OH is 1. The van der Waals surface area contributed by atoms with E-state index in [0.29, 0.717) is 17.3 Å². The lowest BCUT2D eigenvalue weighted by Crippen LogP contribution is -2.52. The molecule has 1 aromatic rings. The van der Waals surface area contributed by atoms with Crippen molar-refractivity contribution >= 4 is 29.6 Å². The fraction of sp³-hybridized carbons (Fsp3) is 0.804. The topological polar surface area (TPSA) is 49.3 Å². The molecule has 5 saturated carbocycles. The summed E-state index contributed by atoms with van der Waals surface area (Å²) < 4.78 is 3.07. The summed E-state index contributed by atoms with van der Waals surface area (Å²) in [7, 11) is 1.00. The van der Waals surface area contributed by atoms with Gasteiger partial charge in [-0.1, -0.05) is 124 Å². The summed E-state index contributed by atoms with van der Waals surface area (Å²) in [6.07, 6.45) is 26.6. The number of aliphatic hydroxyl groups is 1.